The van der Waals surface area contributed by atoms with E-state index in [1.54, 1.807) is 6.92 Å². The number of imidazole rings is 1. The first-order chi connectivity index (χ1) is 9.41. The van der Waals surface area contributed by atoms with Gasteiger partial charge in [-0.2, -0.15) is 0 Å². The van der Waals surface area contributed by atoms with Crippen LogP contribution in [-0.2, 0) is 5.88 Å². The van der Waals surface area contributed by atoms with E-state index in [0.717, 1.165) is 24.2 Å². The molecule has 20 heavy (non-hydrogen) atoms. The quantitative estimate of drug-likeness (QED) is 0.715. The Morgan fingerprint density at radius 2 is 2.20 bits per heavy atom. The van der Waals surface area contributed by atoms with E-state index in [2.05, 4.69) is 23.4 Å². The Kier molecular flexibility index (Phi) is 3.28. The summed E-state index contributed by atoms with van der Waals surface area (Å²) in [5.41, 5.74) is 2.76. The largest absolute Gasteiger partial charge is 0.324 e. The summed E-state index contributed by atoms with van der Waals surface area (Å²) in [7, 11) is 0. The first-order valence-electron chi connectivity index (χ1n) is 7.14. The van der Waals surface area contributed by atoms with E-state index >= 15 is 0 Å². The number of benzene rings is 1. The van der Waals surface area contributed by atoms with E-state index in [1.807, 2.05) is 6.07 Å². The molecular weight excluding hydrogens is 275 g/mol. The molecule has 1 unspecified atom stereocenters. The van der Waals surface area contributed by atoms with Crippen LogP contribution in [0.4, 0.5) is 4.39 Å². The molecular formula is C16H20ClFN2. The van der Waals surface area contributed by atoms with Gasteiger partial charge < -0.3 is 4.57 Å². The molecule has 0 aliphatic heterocycles. The van der Waals surface area contributed by atoms with Crippen LogP contribution in [0.3, 0.4) is 0 Å². The highest BCUT2D eigenvalue weighted by Gasteiger charge is 2.33. The van der Waals surface area contributed by atoms with Gasteiger partial charge in [0.1, 0.15) is 11.6 Å². The molecule has 1 fully saturated rings. The Hall–Kier alpha value is -1.09. The minimum Gasteiger partial charge on any atom is -0.324 e. The number of alkyl halides is 1. The highest BCUT2D eigenvalue weighted by Crippen LogP contribution is 2.45. The Morgan fingerprint density at radius 3 is 2.80 bits per heavy atom. The van der Waals surface area contributed by atoms with Crippen LogP contribution in [0.5, 0.6) is 0 Å². The Balaban J connectivity index is 2.15. The number of nitrogens with zero attached hydrogens (tertiary/aromatic N) is 2. The molecule has 108 valence electrons. The van der Waals surface area contributed by atoms with Gasteiger partial charge in [0, 0.05) is 12.1 Å². The number of hydrogen-bond acceptors (Lipinski definition) is 1. The van der Waals surface area contributed by atoms with Crippen LogP contribution in [0.25, 0.3) is 11.0 Å². The van der Waals surface area contributed by atoms with Gasteiger partial charge in [-0.05, 0) is 43.2 Å². The summed E-state index contributed by atoms with van der Waals surface area (Å²) in [6.45, 7) is 6.40. The van der Waals surface area contributed by atoms with Crippen LogP contribution >= 0.6 is 11.6 Å². The number of hydrogen-bond donors (Lipinski definition) is 0. The molecule has 1 aromatic heterocycles. The smallest absolute Gasteiger partial charge is 0.128 e. The number of aromatic nitrogens is 2. The maximum atomic E-state index is 13.7. The van der Waals surface area contributed by atoms with Crippen molar-refractivity contribution in [1.82, 2.24) is 9.55 Å². The summed E-state index contributed by atoms with van der Waals surface area (Å²) in [4.78, 5) is 4.52. The van der Waals surface area contributed by atoms with Crippen LogP contribution in [0.15, 0.2) is 12.1 Å². The molecule has 3 rings (SSSR count). The van der Waals surface area contributed by atoms with Crippen molar-refractivity contribution in [2.24, 2.45) is 5.41 Å². The summed E-state index contributed by atoms with van der Waals surface area (Å²) >= 11 is 6.06. The molecule has 0 N–H and O–H groups in total. The van der Waals surface area contributed by atoms with E-state index in [1.165, 1.54) is 12.5 Å². The van der Waals surface area contributed by atoms with E-state index in [0.29, 0.717) is 28.4 Å². The molecule has 1 saturated carbocycles. The van der Waals surface area contributed by atoms with Gasteiger partial charge in [0.25, 0.3) is 0 Å². The van der Waals surface area contributed by atoms with Crippen molar-refractivity contribution < 1.29 is 4.39 Å². The summed E-state index contributed by atoms with van der Waals surface area (Å²) in [5, 5.41) is 0. The van der Waals surface area contributed by atoms with Gasteiger partial charge in [0.2, 0.25) is 0 Å². The van der Waals surface area contributed by atoms with Crippen LogP contribution in [0, 0.1) is 18.2 Å². The van der Waals surface area contributed by atoms with Gasteiger partial charge >= 0.3 is 0 Å². The Bertz CT molecular complexity index is 660. The molecule has 2 nitrogen and oxygen atoms in total. The maximum Gasteiger partial charge on any atom is 0.128 e. The predicted molar refractivity (Wildman–Crippen MR) is 80.7 cm³/mol. The van der Waals surface area contributed by atoms with Crippen LogP contribution in [0.1, 0.15) is 50.5 Å². The second-order valence-corrected chi connectivity index (χ2v) is 6.95. The van der Waals surface area contributed by atoms with E-state index in [-0.39, 0.29) is 5.82 Å². The molecule has 1 aliphatic rings. The Morgan fingerprint density at radius 1 is 1.45 bits per heavy atom. The van der Waals surface area contributed by atoms with E-state index in [9.17, 15) is 4.39 Å². The number of rotatable bonds is 2. The zero-order valence-electron chi connectivity index (χ0n) is 12.2. The van der Waals surface area contributed by atoms with E-state index in [4.69, 9.17) is 11.6 Å². The van der Waals surface area contributed by atoms with Gasteiger partial charge in [-0.15, -0.1) is 11.6 Å². The molecule has 1 aromatic carbocycles. The molecule has 1 heterocycles. The molecule has 1 aliphatic carbocycles. The standard InChI is InChI=1S/C16H20ClFN2/c1-10-6-14-13(7-12(10)18)19-15(9-17)20(14)11-4-5-16(2,3)8-11/h6-7,11H,4-5,8-9H2,1-3H3. The van der Waals surface area contributed by atoms with Crippen LogP contribution in [0.2, 0.25) is 0 Å². The number of fused-ring (bicyclic) bond motifs is 1. The van der Waals surface area contributed by atoms with Gasteiger partial charge in [-0.25, -0.2) is 9.37 Å². The summed E-state index contributed by atoms with van der Waals surface area (Å²) in [6.07, 6.45) is 3.47. The monoisotopic (exact) mass is 294 g/mol. The van der Waals surface area contributed by atoms with Gasteiger partial charge in [0.15, 0.2) is 0 Å². The fourth-order valence-electron chi connectivity index (χ4n) is 3.39. The molecule has 2 aromatic rings. The first-order valence-corrected chi connectivity index (χ1v) is 7.68. The van der Waals surface area contributed by atoms with Crippen molar-refractivity contribution in [3.05, 3.63) is 29.3 Å². The fraction of sp³-hybridized carbons (Fsp3) is 0.562. The molecule has 0 spiro atoms. The third-order valence-corrected chi connectivity index (χ3v) is 4.71. The molecule has 0 radical (unpaired) electrons. The summed E-state index contributed by atoms with van der Waals surface area (Å²) in [5.74, 6) is 1.02. The molecule has 0 saturated heterocycles. The highest BCUT2D eigenvalue weighted by atomic mass is 35.5. The predicted octanol–water partition coefficient (Wildman–Crippen LogP) is 4.97. The van der Waals surface area contributed by atoms with Crippen LogP contribution in [-0.4, -0.2) is 9.55 Å². The molecule has 4 heteroatoms. The lowest BCUT2D eigenvalue weighted by Gasteiger charge is -2.20. The second kappa shape index (κ2) is 4.73. The first kappa shape index (κ1) is 13.9. The lowest BCUT2D eigenvalue weighted by molar-refractivity contribution is 0.359. The molecule has 0 bridgehead atoms. The lowest BCUT2D eigenvalue weighted by Crippen LogP contribution is -2.11. The normalized spacial score (nSPS) is 21.8. The number of halogens is 2. The number of aryl methyl sites for hydroxylation is 1. The van der Waals surface area contributed by atoms with Crippen molar-refractivity contribution in [1.29, 1.82) is 0 Å². The van der Waals surface area contributed by atoms with Crippen molar-refractivity contribution >= 4 is 22.6 Å². The van der Waals surface area contributed by atoms with E-state index < -0.39 is 0 Å². The summed E-state index contributed by atoms with van der Waals surface area (Å²) < 4.78 is 16.0. The van der Waals surface area contributed by atoms with Crippen molar-refractivity contribution in [3.8, 4) is 0 Å². The molecule has 1 atom stereocenters. The lowest BCUT2D eigenvalue weighted by atomic mass is 9.92. The second-order valence-electron chi connectivity index (χ2n) is 6.68. The zero-order chi connectivity index (χ0) is 14.5. The Labute approximate surface area is 123 Å². The van der Waals surface area contributed by atoms with Crippen molar-refractivity contribution in [2.75, 3.05) is 0 Å². The average molecular weight is 295 g/mol. The topological polar surface area (TPSA) is 17.8 Å². The third-order valence-electron chi connectivity index (χ3n) is 4.47. The SMILES string of the molecule is Cc1cc2c(cc1F)nc(CCl)n2C1CCC(C)(C)C1. The molecule has 0 amide bonds. The maximum absolute atomic E-state index is 13.7. The summed E-state index contributed by atoms with van der Waals surface area (Å²) in [6, 6.07) is 3.85. The highest BCUT2D eigenvalue weighted by molar-refractivity contribution is 6.16. The fourth-order valence-corrected chi connectivity index (χ4v) is 3.58. The van der Waals surface area contributed by atoms with Crippen molar-refractivity contribution in [3.63, 3.8) is 0 Å². The minimum absolute atomic E-state index is 0.199. The third kappa shape index (κ3) is 2.22. The van der Waals surface area contributed by atoms with Crippen molar-refractivity contribution in [2.45, 2.75) is 52.0 Å². The van der Waals surface area contributed by atoms with Crippen LogP contribution < -0.4 is 0 Å². The average Bonchev–Trinajstić information content (AvgIpc) is 2.90. The van der Waals surface area contributed by atoms with Gasteiger partial charge in [0.05, 0.1) is 16.9 Å². The minimum atomic E-state index is -0.199. The van der Waals surface area contributed by atoms with Gasteiger partial charge in [-0.1, -0.05) is 13.8 Å². The van der Waals surface area contributed by atoms with Gasteiger partial charge in [-0.3, -0.25) is 0 Å². The zero-order valence-corrected chi connectivity index (χ0v) is 13.0.